The molecule has 0 aliphatic heterocycles. The maximum absolute atomic E-state index is 11.9. The fraction of sp³-hybridized carbons (Fsp3) is 0. The first-order chi connectivity index (χ1) is 3.79. The Kier molecular flexibility index (Phi) is 1.48. The summed E-state index contributed by atoms with van der Waals surface area (Å²) < 4.78 is 12.0. The van der Waals surface area contributed by atoms with E-state index in [1.54, 1.807) is 0 Å². The van der Waals surface area contributed by atoms with E-state index < -0.39 is 5.95 Å². The van der Waals surface area contributed by atoms with Crippen LogP contribution in [-0.2, 0) is 0 Å². The third kappa shape index (κ3) is 1.19. The number of aromatic nitrogens is 3. The molecule has 0 spiro atoms. The molecule has 0 bridgehead atoms. The molecule has 0 saturated carbocycles. The molecule has 1 aromatic rings. The average Bonchev–Trinajstić information content (AvgIpc) is 1.64. The standard InChI is InChI=1S/C3BrFN3/c4-3-7-2(5)1-6-8-3. The van der Waals surface area contributed by atoms with Crippen LogP contribution in [0.15, 0.2) is 4.73 Å². The minimum atomic E-state index is -0.758. The van der Waals surface area contributed by atoms with Gasteiger partial charge in [0.15, 0.2) is 6.20 Å². The molecule has 0 saturated heterocycles. The fourth-order valence-corrected chi connectivity index (χ4v) is 0.471. The highest BCUT2D eigenvalue weighted by molar-refractivity contribution is 9.10. The molecule has 1 heterocycles. The van der Waals surface area contributed by atoms with E-state index in [2.05, 4.69) is 31.1 Å². The highest BCUT2D eigenvalue weighted by Gasteiger charge is 1.92. The van der Waals surface area contributed by atoms with Crippen molar-refractivity contribution in [3.63, 3.8) is 0 Å². The Hall–Kier alpha value is -0.580. The van der Waals surface area contributed by atoms with E-state index in [9.17, 15) is 4.39 Å². The Morgan fingerprint density at radius 2 is 2.38 bits per heavy atom. The molecule has 0 amide bonds. The molecule has 0 aliphatic carbocycles. The van der Waals surface area contributed by atoms with Crippen molar-refractivity contribution in [2.45, 2.75) is 0 Å². The van der Waals surface area contributed by atoms with Gasteiger partial charge in [0.25, 0.3) is 0 Å². The van der Waals surface area contributed by atoms with E-state index >= 15 is 0 Å². The monoisotopic (exact) mass is 176 g/mol. The van der Waals surface area contributed by atoms with Crippen molar-refractivity contribution < 1.29 is 4.39 Å². The van der Waals surface area contributed by atoms with Crippen LogP contribution in [0, 0.1) is 12.1 Å². The number of hydrogen-bond acceptors (Lipinski definition) is 3. The van der Waals surface area contributed by atoms with E-state index in [1.807, 2.05) is 6.20 Å². The maximum Gasteiger partial charge on any atom is 0.245 e. The molecule has 1 radical (unpaired) electrons. The van der Waals surface area contributed by atoms with Crippen LogP contribution in [0.25, 0.3) is 0 Å². The SMILES string of the molecule is Fc1[c]nnc(Br)n1. The Bertz CT molecular complexity index is 174. The molecular weight excluding hydrogens is 177 g/mol. The van der Waals surface area contributed by atoms with Gasteiger partial charge in [-0.05, 0) is 15.9 Å². The van der Waals surface area contributed by atoms with Crippen LogP contribution in [0.2, 0.25) is 0 Å². The van der Waals surface area contributed by atoms with E-state index in [-0.39, 0.29) is 4.73 Å². The minimum Gasteiger partial charge on any atom is -0.190 e. The number of hydrogen-bond donors (Lipinski definition) is 0. The van der Waals surface area contributed by atoms with E-state index in [4.69, 9.17) is 0 Å². The molecule has 0 atom stereocenters. The lowest BCUT2D eigenvalue weighted by Crippen LogP contribution is -1.89. The zero-order chi connectivity index (χ0) is 5.98. The molecule has 0 unspecified atom stereocenters. The first-order valence-corrected chi connectivity index (χ1v) is 2.52. The van der Waals surface area contributed by atoms with E-state index in [1.165, 1.54) is 0 Å². The fourth-order valence-electron chi connectivity index (χ4n) is 0.236. The Labute approximate surface area is 53.1 Å². The summed E-state index contributed by atoms with van der Waals surface area (Å²) in [5, 5.41) is 6.42. The second kappa shape index (κ2) is 2.13. The zero-order valence-electron chi connectivity index (χ0n) is 3.60. The van der Waals surface area contributed by atoms with Crippen molar-refractivity contribution in [2.24, 2.45) is 0 Å². The number of rotatable bonds is 0. The van der Waals surface area contributed by atoms with Gasteiger partial charge >= 0.3 is 0 Å². The van der Waals surface area contributed by atoms with Gasteiger partial charge in [-0.15, -0.1) is 10.2 Å². The lowest BCUT2D eigenvalue weighted by atomic mass is 10.9. The molecule has 0 N–H and O–H groups in total. The molecule has 5 heteroatoms. The summed E-state index contributed by atoms with van der Waals surface area (Å²) in [7, 11) is 0. The molecule has 8 heavy (non-hydrogen) atoms. The second-order valence-corrected chi connectivity index (χ2v) is 1.69. The molecule has 0 aliphatic rings. The summed E-state index contributed by atoms with van der Waals surface area (Å²) in [6.45, 7) is 0. The van der Waals surface area contributed by atoms with E-state index in [0.717, 1.165) is 0 Å². The highest BCUT2D eigenvalue weighted by atomic mass is 79.9. The van der Waals surface area contributed by atoms with Crippen LogP contribution >= 0.6 is 15.9 Å². The van der Waals surface area contributed by atoms with Crippen molar-refractivity contribution in [1.29, 1.82) is 0 Å². The number of nitrogens with zero attached hydrogens (tertiary/aromatic N) is 3. The van der Waals surface area contributed by atoms with Gasteiger partial charge in [0.2, 0.25) is 10.7 Å². The van der Waals surface area contributed by atoms with Gasteiger partial charge in [-0.25, -0.2) is 0 Å². The largest absolute Gasteiger partial charge is 0.245 e. The Balaban J connectivity index is 3.08. The van der Waals surface area contributed by atoms with Gasteiger partial charge in [-0.2, -0.15) is 9.37 Å². The summed E-state index contributed by atoms with van der Waals surface area (Å²) in [6, 6.07) is 0. The van der Waals surface area contributed by atoms with Gasteiger partial charge in [-0.1, -0.05) is 0 Å². The highest BCUT2D eigenvalue weighted by Crippen LogP contribution is 1.96. The molecule has 41 valence electrons. The van der Waals surface area contributed by atoms with Gasteiger partial charge < -0.3 is 0 Å². The van der Waals surface area contributed by atoms with Crippen LogP contribution in [0.1, 0.15) is 0 Å². The van der Waals surface area contributed by atoms with Crippen molar-refractivity contribution >= 4 is 15.9 Å². The lowest BCUT2D eigenvalue weighted by molar-refractivity contribution is 0.558. The second-order valence-electron chi connectivity index (χ2n) is 0.983. The van der Waals surface area contributed by atoms with Gasteiger partial charge in [-0.3, -0.25) is 0 Å². The minimum absolute atomic E-state index is 0.133. The summed E-state index contributed by atoms with van der Waals surface area (Å²) in [6.07, 6.45) is 1.90. The van der Waals surface area contributed by atoms with Crippen molar-refractivity contribution in [2.75, 3.05) is 0 Å². The zero-order valence-corrected chi connectivity index (χ0v) is 5.18. The van der Waals surface area contributed by atoms with Crippen LogP contribution in [-0.4, -0.2) is 15.2 Å². The predicted molar refractivity (Wildman–Crippen MR) is 26.3 cm³/mol. The molecule has 1 rings (SSSR count). The summed E-state index contributed by atoms with van der Waals surface area (Å²) in [5.41, 5.74) is 0. The molecule has 0 aromatic carbocycles. The summed E-state index contributed by atoms with van der Waals surface area (Å²) in [4.78, 5) is 3.19. The lowest BCUT2D eigenvalue weighted by Gasteiger charge is -1.81. The summed E-state index contributed by atoms with van der Waals surface area (Å²) >= 11 is 2.82. The van der Waals surface area contributed by atoms with E-state index in [0.29, 0.717) is 0 Å². The third-order valence-electron chi connectivity index (χ3n) is 0.465. The molecular formula is C3BrFN3. The topological polar surface area (TPSA) is 38.7 Å². The maximum atomic E-state index is 11.9. The molecule has 1 aromatic heterocycles. The average molecular weight is 177 g/mol. The molecule has 3 nitrogen and oxygen atoms in total. The molecule has 0 fully saturated rings. The van der Waals surface area contributed by atoms with Crippen LogP contribution in [0.5, 0.6) is 0 Å². The van der Waals surface area contributed by atoms with Gasteiger partial charge in [0.05, 0.1) is 0 Å². The van der Waals surface area contributed by atoms with Crippen LogP contribution in [0.3, 0.4) is 0 Å². The van der Waals surface area contributed by atoms with Crippen molar-refractivity contribution in [3.8, 4) is 0 Å². The van der Waals surface area contributed by atoms with Crippen molar-refractivity contribution in [1.82, 2.24) is 15.2 Å². The summed E-state index contributed by atoms with van der Waals surface area (Å²) in [5.74, 6) is -0.758. The predicted octanol–water partition coefficient (Wildman–Crippen LogP) is 0.573. The van der Waals surface area contributed by atoms with Crippen LogP contribution < -0.4 is 0 Å². The Morgan fingerprint density at radius 1 is 1.62 bits per heavy atom. The van der Waals surface area contributed by atoms with Gasteiger partial charge in [0.1, 0.15) is 0 Å². The first-order valence-electron chi connectivity index (χ1n) is 1.72. The van der Waals surface area contributed by atoms with Gasteiger partial charge in [0, 0.05) is 0 Å². The smallest absolute Gasteiger partial charge is 0.190 e. The third-order valence-corrected chi connectivity index (χ3v) is 0.801. The van der Waals surface area contributed by atoms with Crippen molar-refractivity contribution in [3.05, 3.63) is 16.9 Å². The quantitative estimate of drug-likeness (QED) is 0.581. The first kappa shape index (κ1) is 5.55. The van der Waals surface area contributed by atoms with Crippen LogP contribution in [0.4, 0.5) is 4.39 Å². The number of halogens is 2. The normalized spacial score (nSPS) is 9.25. The Morgan fingerprint density at radius 3 is 2.75 bits per heavy atom.